The van der Waals surface area contributed by atoms with Gasteiger partial charge in [-0.3, -0.25) is 4.98 Å². The third-order valence-electron chi connectivity index (χ3n) is 4.30. The van der Waals surface area contributed by atoms with Crippen LogP contribution in [0.25, 0.3) is 34.0 Å². The Hall–Kier alpha value is -3.27. The molecule has 0 spiro atoms. The zero-order valence-electron chi connectivity index (χ0n) is 14.1. The van der Waals surface area contributed by atoms with Gasteiger partial charge in [0, 0.05) is 22.5 Å². The molecule has 0 radical (unpaired) electrons. The number of benzene rings is 2. The van der Waals surface area contributed by atoms with Gasteiger partial charge in [0.15, 0.2) is 11.5 Å². The Balaban J connectivity index is 1.77. The molecule has 0 aliphatic heterocycles. The molecule has 0 saturated heterocycles. The van der Waals surface area contributed by atoms with Gasteiger partial charge in [-0.05, 0) is 35.9 Å². The fourth-order valence-corrected chi connectivity index (χ4v) is 3.05. The van der Waals surface area contributed by atoms with Gasteiger partial charge in [0.1, 0.15) is 0 Å². The van der Waals surface area contributed by atoms with Gasteiger partial charge < -0.3 is 14.5 Å². The maximum atomic E-state index is 5.36. The van der Waals surface area contributed by atoms with E-state index < -0.39 is 0 Å². The van der Waals surface area contributed by atoms with Gasteiger partial charge in [-0.2, -0.15) is 0 Å². The summed E-state index contributed by atoms with van der Waals surface area (Å²) >= 11 is 0. The molecule has 0 unspecified atom stereocenters. The number of ether oxygens (including phenoxy) is 2. The first-order chi connectivity index (χ1) is 12.3. The van der Waals surface area contributed by atoms with Crippen molar-refractivity contribution in [1.82, 2.24) is 9.97 Å². The average molecular weight is 330 g/mol. The van der Waals surface area contributed by atoms with Crippen molar-refractivity contribution >= 4 is 34.0 Å². The molecule has 0 fully saturated rings. The zero-order valence-corrected chi connectivity index (χ0v) is 14.1. The third kappa shape index (κ3) is 2.72. The monoisotopic (exact) mass is 330 g/mol. The highest BCUT2D eigenvalue weighted by Crippen LogP contribution is 2.29. The smallest absolute Gasteiger partial charge is 0.161 e. The first kappa shape index (κ1) is 15.3. The fourth-order valence-electron chi connectivity index (χ4n) is 3.05. The lowest BCUT2D eigenvalue weighted by Crippen LogP contribution is -1.90. The van der Waals surface area contributed by atoms with Crippen LogP contribution < -0.4 is 9.47 Å². The lowest BCUT2D eigenvalue weighted by atomic mass is 10.1. The van der Waals surface area contributed by atoms with Gasteiger partial charge in [0.05, 0.1) is 25.4 Å². The van der Waals surface area contributed by atoms with Crippen molar-refractivity contribution in [2.24, 2.45) is 0 Å². The Labute approximate surface area is 145 Å². The molecule has 4 nitrogen and oxygen atoms in total. The quantitative estimate of drug-likeness (QED) is 0.579. The summed E-state index contributed by atoms with van der Waals surface area (Å²) < 4.78 is 10.6. The molecule has 0 amide bonds. The predicted octanol–water partition coefficient (Wildman–Crippen LogP) is 4.90. The third-order valence-corrected chi connectivity index (χ3v) is 4.30. The van der Waals surface area contributed by atoms with Gasteiger partial charge in [-0.1, -0.05) is 30.3 Å². The number of para-hydroxylation sites is 1. The maximum absolute atomic E-state index is 5.36. The molecule has 0 bridgehead atoms. The molecule has 4 heteroatoms. The van der Waals surface area contributed by atoms with E-state index in [2.05, 4.69) is 28.2 Å². The Morgan fingerprint density at radius 3 is 2.56 bits per heavy atom. The minimum Gasteiger partial charge on any atom is -0.493 e. The van der Waals surface area contributed by atoms with E-state index in [-0.39, 0.29) is 0 Å². The molecule has 4 aromatic rings. The highest BCUT2D eigenvalue weighted by Gasteiger charge is 2.07. The number of pyridine rings is 1. The van der Waals surface area contributed by atoms with E-state index in [9.17, 15) is 0 Å². The van der Waals surface area contributed by atoms with Crippen LogP contribution in [-0.2, 0) is 0 Å². The van der Waals surface area contributed by atoms with Crippen LogP contribution in [0.1, 0.15) is 11.3 Å². The number of hydrogen-bond acceptors (Lipinski definition) is 3. The minimum absolute atomic E-state index is 0.710. The van der Waals surface area contributed by atoms with Crippen molar-refractivity contribution in [3.05, 3.63) is 66.0 Å². The molecule has 0 atom stereocenters. The SMILES string of the molecule is COc1ccc(/C=C\c2nccc3c2[nH]c2ccccc23)cc1OC. The normalized spacial score (nSPS) is 11.4. The standard InChI is InChI=1S/C21H18N2O2/c1-24-19-10-8-14(13-20(19)25-2)7-9-18-21-16(11-12-22-18)15-5-3-4-6-17(15)23-21/h3-13,23H,1-2H3/b9-7-. The first-order valence-electron chi connectivity index (χ1n) is 8.05. The van der Waals surface area contributed by atoms with Crippen molar-refractivity contribution in [3.63, 3.8) is 0 Å². The summed E-state index contributed by atoms with van der Waals surface area (Å²) in [5.74, 6) is 1.43. The van der Waals surface area contributed by atoms with Crippen molar-refractivity contribution in [1.29, 1.82) is 0 Å². The summed E-state index contributed by atoms with van der Waals surface area (Å²) in [4.78, 5) is 7.98. The summed E-state index contributed by atoms with van der Waals surface area (Å²) in [6.45, 7) is 0. The molecule has 2 aromatic carbocycles. The molecule has 25 heavy (non-hydrogen) atoms. The zero-order chi connectivity index (χ0) is 17.2. The highest BCUT2D eigenvalue weighted by atomic mass is 16.5. The summed E-state index contributed by atoms with van der Waals surface area (Å²) in [7, 11) is 3.27. The van der Waals surface area contributed by atoms with Gasteiger partial charge >= 0.3 is 0 Å². The van der Waals surface area contributed by atoms with E-state index in [0.717, 1.165) is 28.0 Å². The second kappa shape index (κ2) is 6.32. The van der Waals surface area contributed by atoms with Crippen LogP contribution in [0.3, 0.4) is 0 Å². The first-order valence-corrected chi connectivity index (χ1v) is 8.05. The second-order valence-electron chi connectivity index (χ2n) is 5.74. The Kier molecular flexibility index (Phi) is 3.86. The number of hydrogen-bond donors (Lipinski definition) is 1. The molecule has 2 heterocycles. The number of H-pyrrole nitrogens is 1. The number of nitrogens with zero attached hydrogens (tertiary/aromatic N) is 1. The molecule has 0 aliphatic carbocycles. The van der Waals surface area contributed by atoms with Crippen LogP contribution in [0.15, 0.2) is 54.7 Å². The number of nitrogens with one attached hydrogen (secondary N) is 1. The van der Waals surface area contributed by atoms with Crippen LogP contribution in [0.4, 0.5) is 0 Å². The molecule has 4 rings (SSSR count). The lowest BCUT2D eigenvalue weighted by Gasteiger charge is -2.07. The van der Waals surface area contributed by atoms with Crippen molar-refractivity contribution < 1.29 is 9.47 Å². The van der Waals surface area contributed by atoms with E-state index in [1.54, 1.807) is 14.2 Å². The highest BCUT2D eigenvalue weighted by molar-refractivity contribution is 6.09. The van der Waals surface area contributed by atoms with Crippen molar-refractivity contribution in [2.45, 2.75) is 0 Å². The number of fused-ring (bicyclic) bond motifs is 3. The second-order valence-corrected chi connectivity index (χ2v) is 5.74. The van der Waals surface area contributed by atoms with E-state index in [4.69, 9.17) is 9.47 Å². The molecular formula is C21H18N2O2. The molecule has 2 aromatic heterocycles. The van der Waals surface area contributed by atoms with Crippen molar-refractivity contribution in [3.8, 4) is 11.5 Å². The number of rotatable bonds is 4. The van der Waals surface area contributed by atoms with Crippen LogP contribution in [0.2, 0.25) is 0 Å². The minimum atomic E-state index is 0.710. The largest absolute Gasteiger partial charge is 0.493 e. The van der Waals surface area contributed by atoms with Gasteiger partial charge in [0.2, 0.25) is 0 Å². The number of aromatic nitrogens is 2. The average Bonchev–Trinajstić information content (AvgIpc) is 3.05. The van der Waals surface area contributed by atoms with Crippen LogP contribution in [-0.4, -0.2) is 24.2 Å². The number of methoxy groups -OCH3 is 2. The molecule has 124 valence electrons. The Morgan fingerprint density at radius 1 is 0.880 bits per heavy atom. The Morgan fingerprint density at radius 2 is 1.72 bits per heavy atom. The van der Waals surface area contributed by atoms with E-state index in [1.165, 1.54) is 10.8 Å². The summed E-state index contributed by atoms with van der Waals surface area (Å²) in [6.07, 6.45) is 5.88. The fraction of sp³-hybridized carbons (Fsp3) is 0.0952. The van der Waals surface area contributed by atoms with E-state index in [1.807, 2.05) is 48.7 Å². The molecule has 0 saturated carbocycles. The van der Waals surface area contributed by atoms with Crippen molar-refractivity contribution in [2.75, 3.05) is 14.2 Å². The number of aromatic amines is 1. The van der Waals surface area contributed by atoms with Gasteiger partial charge in [-0.15, -0.1) is 0 Å². The van der Waals surface area contributed by atoms with Gasteiger partial charge in [-0.25, -0.2) is 0 Å². The molecule has 0 aliphatic rings. The summed E-state index contributed by atoms with van der Waals surface area (Å²) in [5.41, 5.74) is 4.09. The Bertz CT molecular complexity index is 1080. The summed E-state index contributed by atoms with van der Waals surface area (Å²) in [5, 5.41) is 2.39. The topological polar surface area (TPSA) is 47.1 Å². The molecular weight excluding hydrogens is 312 g/mol. The maximum Gasteiger partial charge on any atom is 0.161 e. The van der Waals surface area contributed by atoms with E-state index >= 15 is 0 Å². The predicted molar refractivity (Wildman–Crippen MR) is 102 cm³/mol. The summed E-state index contributed by atoms with van der Waals surface area (Å²) in [6, 6.07) is 16.2. The van der Waals surface area contributed by atoms with Crippen LogP contribution >= 0.6 is 0 Å². The molecule has 1 N–H and O–H groups in total. The lowest BCUT2D eigenvalue weighted by molar-refractivity contribution is 0.355. The van der Waals surface area contributed by atoms with Crippen LogP contribution in [0, 0.1) is 0 Å². The van der Waals surface area contributed by atoms with Gasteiger partial charge in [0.25, 0.3) is 0 Å². The van der Waals surface area contributed by atoms with E-state index in [0.29, 0.717) is 5.75 Å². The van der Waals surface area contributed by atoms with Crippen LogP contribution in [0.5, 0.6) is 11.5 Å².